The van der Waals surface area contributed by atoms with E-state index in [1.807, 2.05) is 30.3 Å². The molecule has 5 atom stereocenters. The van der Waals surface area contributed by atoms with E-state index >= 15 is 0 Å². The number of ether oxygens (including phenoxy) is 2. The number of hydrogen-bond donors (Lipinski definition) is 2. The van der Waals surface area contributed by atoms with Crippen LogP contribution in [0, 0.1) is 0 Å². The van der Waals surface area contributed by atoms with E-state index in [1.165, 1.54) is 0 Å². The van der Waals surface area contributed by atoms with Crippen LogP contribution in [-0.4, -0.2) is 41.5 Å². The fourth-order valence-corrected chi connectivity index (χ4v) is 3.40. The summed E-state index contributed by atoms with van der Waals surface area (Å²) in [7, 11) is 0. The Hall–Kier alpha value is -0.590. The first kappa shape index (κ1) is 11.5. The number of fused-ring (bicyclic) bond motifs is 2. The Balaban J connectivity index is 1.78. The molecule has 0 unspecified atom stereocenters. The first-order valence-corrected chi connectivity index (χ1v) is 6.56. The third kappa shape index (κ3) is 2.09. The lowest BCUT2D eigenvalue weighted by Gasteiger charge is -2.35. The molecule has 0 aromatic heterocycles. The van der Waals surface area contributed by atoms with Crippen LogP contribution in [0.1, 0.15) is 0 Å². The van der Waals surface area contributed by atoms with Crippen molar-refractivity contribution in [3.8, 4) is 0 Å². The number of nitrogens with two attached hydrogens (primary N) is 1. The van der Waals surface area contributed by atoms with Crippen molar-refractivity contribution in [1.82, 2.24) is 0 Å². The van der Waals surface area contributed by atoms with Crippen molar-refractivity contribution >= 4 is 11.8 Å². The van der Waals surface area contributed by atoms with Crippen molar-refractivity contribution in [2.45, 2.75) is 34.7 Å². The Bertz CT molecular complexity index is 389. The van der Waals surface area contributed by atoms with Crippen molar-refractivity contribution in [3.63, 3.8) is 0 Å². The molecule has 2 fully saturated rings. The predicted molar refractivity (Wildman–Crippen MR) is 64.7 cm³/mol. The van der Waals surface area contributed by atoms with Crippen LogP contribution < -0.4 is 5.73 Å². The van der Waals surface area contributed by atoms with Gasteiger partial charge in [0.05, 0.1) is 24.0 Å². The van der Waals surface area contributed by atoms with Gasteiger partial charge in [-0.3, -0.25) is 0 Å². The molecule has 2 aliphatic rings. The fraction of sp³-hybridized carbons (Fsp3) is 0.500. The van der Waals surface area contributed by atoms with E-state index in [1.54, 1.807) is 11.8 Å². The summed E-state index contributed by atoms with van der Waals surface area (Å²) in [6.07, 6.45) is -1.10. The minimum Gasteiger partial charge on any atom is -0.390 e. The molecule has 0 amide bonds. The summed E-state index contributed by atoms with van der Waals surface area (Å²) < 4.78 is 11.2. The van der Waals surface area contributed by atoms with Gasteiger partial charge in [-0.25, -0.2) is 0 Å². The van der Waals surface area contributed by atoms with E-state index in [0.29, 0.717) is 6.61 Å². The molecular formula is C12H15NO3S. The quantitative estimate of drug-likeness (QED) is 0.807. The first-order valence-electron chi connectivity index (χ1n) is 5.68. The second-order valence-electron chi connectivity index (χ2n) is 4.34. The van der Waals surface area contributed by atoms with Gasteiger partial charge in [-0.15, -0.1) is 11.8 Å². The molecule has 1 aromatic rings. The Labute approximate surface area is 104 Å². The average molecular weight is 253 g/mol. The van der Waals surface area contributed by atoms with Crippen LogP contribution in [0.25, 0.3) is 0 Å². The summed E-state index contributed by atoms with van der Waals surface area (Å²) in [5.74, 6) is 0. The first-order chi connectivity index (χ1) is 8.25. The molecule has 2 saturated heterocycles. The summed E-state index contributed by atoms with van der Waals surface area (Å²) in [5.41, 5.74) is 5.94. The molecule has 5 heteroatoms. The van der Waals surface area contributed by atoms with E-state index in [-0.39, 0.29) is 23.7 Å². The number of aliphatic hydroxyl groups is 1. The van der Waals surface area contributed by atoms with Crippen LogP contribution >= 0.6 is 11.8 Å². The van der Waals surface area contributed by atoms with E-state index < -0.39 is 6.10 Å². The van der Waals surface area contributed by atoms with Crippen molar-refractivity contribution < 1.29 is 14.6 Å². The normalized spacial score (nSPS) is 40.5. The van der Waals surface area contributed by atoms with Crippen LogP contribution in [0.4, 0.5) is 0 Å². The highest BCUT2D eigenvalue weighted by molar-refractivity contribution is 8.00. The number of rotatable bonds is 2. The Morgan fingerprint density at radius 1 is 1.29 bits per heavy atom. The summed E-state index contributed by atoms with van der Waals surface area (Å²) in [6, 6.07) is 9.54. The molecule has 0 radical (unpaired) electrons. The maximum Gasteiger partial charge on any atom is 0.172 e. The molecule has 0 spiro atoms. The van der Waals surface area contributed by atoms with Gasteiger partial charge in [-0.2, -0.15) is 0 Å². The van der Waals surface area contributed by atoms with E-state index in [0.717, 1.165) is 4.90 Å². The largest absolute Gasteiger partial charge is 0.390 e. The van der Waals surface area contributed by atoms with Gasteiger partial charge in [0.1, 0.15) is 6.10 Å². The van der Waals surface area contributed by atoms with E-state index in [2.05, 4.69) is 0 Å². The topological polar surface area (TPSA) is 64.7 Å². The monoisotopic (exact) mass is 253 g/mol. The average Bonchev–Trinajstić information content (AvgIpc) is 2.80. The lowest BCUT2D eigenvalue weighted by Crippen LogP contribution is -2.56. The highest BCUT2D eigenvalue weighted by Crippen LogP contribution is 2.37. The highest BCUT2D eigenvalue weighted by Gasteiger charge is 2.48. The highest BCUT2D eigenvalue weighted by atomic mass is 32.2. The smallest absolute Gasteiger partial charge is 0.172 e. The van der Waals surface area contributed by atoms with Crippen LogP contribution in [0.3, 0.4) is 0 Å². The van der Waals surface area contributed by atoms with Crippen LogP contribution in [0.2, 0.25) is 0 Å². The molecule has 3 rings (SSSR count). The zero-order chi connectivity index (χ0) is 11.8. The molecule has 92 valence electrons. The zero-order valence-corrected chi connectivity index (χ0v) is 10.0. The maximum absolute atomic E-state index is 10.2. The third-order valence-corrected chi connectivity index (χ3v) is 4.50. The SMILES string of the molecule is N[C@H]1[C@@H](O)[C@H](Sc2ccccc2)[C@@H]2OC[C@H]1O2. The molecular weight excluding hydrogens is 238 g/mol. The summed E-state index contributed by atoms with van der Waals surface area (Å²) >= 11 is 1.56. The van der Waals surface area contributed by atoms with Gasteiger partial charge in [0.25, 0.3) is 0 Å². The third-order valence-electron chi connectivity index (χ3n) is 3.18. The number of thioether (sulfide) groups is 1. The van der Waals surface area contributed by atoms with Gasteiger partial charge >= 0.3 is 0 Å². The molecule has 0 saturated carbocycles. The summed E-state index contributed by atoms with van der Waals surface area (Å²) in [5, 5.41) is 10.0. The molecule has 2 heterocycles. The van der Waals surface area contributed by atoms with E-state index in [9.17, 15) is 5.11 Å². The van der Waals surface area contributed by atoms with Crippen molar-refractivity contribution in [2.24, 2.45) is 5.73 Å². The Morgan fingerprint density at radius 3 is 2.82 bits per heavy atom. The van der Waals surface area contributed by atoms with Gasteiger partial charge in [0.2, 0.25) is 0 Å². The molecule has 3 N–H and O–H groups in total. The maximum atomic E-state index is 10.2. The lowest BCUT2D eigenvalue weighted by atomic mass is 10.0. The van der Waals surface area contributed by atoms with Crippen molar-refractivity contribution in [2.75, 3.05) is 6.61 Å². The number of benzene rings is 1. The molecule has 1 aromatic carbocycles. The Morgan fingerprint density at radius 2 is 2.06 bits per heavy atom. The van der Waals surface area contributed by atoms with Gasteiger partial charge in [0, 0.05) is 4.90 Å². The second-order valence-corrected chi connectivity index (χ2v) is 5.59. The minimum atomic E-state index is -0.591. The zero-order valence-electron chi connectivity index (χ0n) is 9.23. The molecule has 2 aliphatic heterocycles. The van der Waals surface area contributed by atoms with Crippen molar-refractivity contribution in [3.05, 3.63) is 30.3 Å². The molecule has 4 nitrogen and oxygen atoms in total. The van der Waals surface area contributed by atoms with Gasteiger partial charge in [-0.1, -0.05) is 18.2 Å². The number of aliphatic hydroxyl groups excluding tert-OH is 1. The lowest BCUT2D eigenvalue weighted by molar-refractivity contribution is -0.118. The van der Waals surface area contributed by atoms with Crippen LogP contribution in [0.15, 0.2) is 35.2 Å². The predicted octanol–water partition coefficient (Wildman–Crippen LogP) is 0.591. The van der Waals surface area contributed by atoms with Crippen LogP contribution in [0.5, 0.6) is 0 Å². The fourth-order valence-electron chi connectivity index (χ4n) is 2.20. The second kappa shape index (κ2) is 4.59. The van der Waals surface area contributed by atoms with Crippen LogP contribution in [-0.2, 0) is 9.47 Å². The van der Waals surface area contributed by atoms with Crippen molar-refractivity contribution in [1.29, 1.82) is 0 Å². The molecule has 2 bridgehead atoms. The standard InChI is InChI=1S/C12H15NO3S/c13-9-8-6-15-12(16-8)11(10(9)14)17-7-4-2-1-3-5-7/h1-5,8-12,14H,6,13H2/t8-,9-,10-,11+,12-/m1/s1. The minimum absolute atomic E-state index is 0.161. The van der Waals surface area contributed by atoms with Gasteiger partial charge in [-0.05, 0) is 12.1 Å². The number of hydrogen-bond acceptors (Lipinski definition) is 5. The molecule has 17 heavy (non-hydrogen) atoms. The van der Waals surface area contributed by atoms with Gasteiger partial charge in [0.15, 0.2) is 6.29 Å². The summed E-state index contributed by atoms with van der Waals surface area (Å²) in [4.78, 5) is 1.08. The summed E-state index contributed by atoms with van der Waals surface area (Å²) in [6.45, 7) is 0.481. The Kier molecular flexibility index (Phi) is 3.10. The van der Waals surface area contributed by atoms with Gasteiger partial charge < -0.3 is 20.3 Å². The molecule has 0 aliphatic carbocycles. The van der Waals surface area contributed by atoms with E-state index in [4.69, 9.17) is 15.2 Å².